The Morgan fingerprint density at radius 3 is 2.89 bits per heavy atom. The second kappa shape index (κ2) is 4.34. The van der Waals surface area contributed by atoms with Gasteiger partial charge < -0.3 is 8.98 Å². The van der Waals surface area contributed by atoms with Crippen molar-refractivity contribution in [2.24, 2.45) is 0 Å². The number of aromatic nitrogens is 2. The number of rotatable bonds is 4. The lowest BCUT2D eigenvalue weighted by Crippen LogP contribution is -2.23. The molecule has 3 rings (SSSR count). The fourth-order valence-corrected chi connectivity index (χ4v) is 2.01. The Kier molecular flexibility index (Phi) is 2.66. The summed E-state index contributed by atoms with van der Waals surface area (Å²) in [6, 6.07) is 1.38. The highest BCUT2D eigenvalue weighted by molar-refractivity contribution is 5.34. The maximum atomic E-state index is 12.0. The van der Waals surface area contributed by atoms with Crippen LogP contribution >= 0.6 is 0 Å². The first-order valence-electron chi connectivity index (χ1n) is 5.92. The summed E-state index contributed by atoms with van der Waals surface area (Å²) in [4.78, 5) is 26.2. The van der Waals surface area contributed by atoms with Crippen molar-refractivity contribution in [1.29, 1.82) is 0 Å². The largest absolute Gasteiger partial charge is 0.447 e. The van der Waals surface area contributed by atoms with Crippen LogP contribution in [0, 0.1) is 10.1 Å². The van der Waals surface area contributed by atoms with Crippen LogP contribution in [0.2, 0.25) is 0 Å². The van der Waals surface area contributed by atoms with E-state index in [4.69, 9.17) is 4.42 Å². The minimum atomic E-state index is -0.639. The Balaban J connectivity index is 2.06. The summed E-state index contributed by atoms with van der Waals surface area (Å²) in [6.07, 6.45) is 6.55. The zero-order chi connectivity index (χ0) is 13.4. The summed E-state index contributed by atoms with van der Waals surface area (Å²) in [6.45, 7) is 0.104. The molecule has 2 heterocycles. The van der Waals surface area contributed by atoms with E-state index in [9.17, 15) is 14.9 Å². The van der Waals surface area contributed by atoms with Crippen LogP contribution in [0.1, 0.15) is 30.2 Å². The van der Waals surface area contributed by atoms with Gasteiger partial charge in [0.25, 0.3) is 0 Å². The Bertz CT molecular complexity index is 671. The molecule has 1 aliphatic carbocycles. The fourth-order valence-electron chi connectivity index (χ4n) is 2.01. The van der Waals surface area contributed by atoms with Crippen LogP contribution in [0.5, 0.6) is 0 Å². The predicted molar refractivity (Wildman–Crippen MR) is 64.9 cm³/mol. The molecule has 2 aromatic heterocycles. The van der Waals surface area contributed by atoms with Crippen LogP contribution < -0.4 is 5.56 Å². The number of nitrogens with zero attached hydrogens (tertiary/aromatic N) is 3. The van der Waals surface area contributed by atoms with Crippen LogP contribution in [-0.4, -0.2) is 14.5 Å². The van der Waals surface area contributed by atoms with Crippen molar-refractivity contribution in [3.63, 3.8) is 0 Å². The van der Waals surface area contributed by atoms with Gasteiger partial charge in [-0.05, 0) is 24.3 Å². The molecule has 0 atom stereocenters. The minimum absolute atomic E-state index is 0.104. The second-order valence-corrected chi connectivity index (χ2v) is 4.55. The number of oxazole rings is 1. The predicted octanol–water partition coefficient (Wildman–Crippen LogP) is 1.67. The molecule has 0 saturated heterocycles. The van der Waals surface area contributed by atoms with Crippen molar-refractivity contribution in [3.8, 4) is 0 Å². The van der Waals surface area contributed by atoms with E-state index in [2.05, 4.69) is 4.98 Å². The van der Waals surface area contributed by atoms with E-state index in [1.807, 2.05) is 0 Å². The first-order valence-corrected chi connectivity index (χ1v) is 5.92. The molecule has 0 amide bonds. The zero-order valence-electron chi connectivity index (χ0n) is 9.98. The van der Waals surface area contributed by atoms with E-state index in [0.29, 0.717) is 11.8 Å². The van der Waals surface area contributed by atoms with Gasteiger partial charge in [-0.15, -0.1) is 0 Å². The first-order chi connectivity index (χ1) is 9.15. The molecule has 1 fully saturated rings. The van der Waals surface area contributed by atoms with Gasteiger partial charge in [0.1, 0.15) is 12.8 Å². The summed E-state index contributed by atoms with van der Waals surface area (Å²) >= 11 is 0. The van der Waals surface area contributed by atoms with E-state index in [-0.39, 0.29) is 6.54 Å². The van der Waals surface area contributed by atoms with Crippen LogP contribution in [0.25, 0.3) is 0 Å². The third-order valence-electron chi connectivity index (χ3n) is 3.12. The quantitative estimate of drug-likeness (QED) is 0.616. The first kappa shape index (κ1) is 11.6. The summed E-state index contributed by atoms with van der Waals surface area (Å²) in [5, 5.41) is 10.9. The Labute approximate surface area is 107 Å². The van der Waals surface area contributed by atoms with E-state index in [1.54, 1.807) is 6.20 Å². The van der Waals surface area contributed by atoms with Crippen molar-refractivity contribution in [1.82, 2.24) is 9.55 Å². The van der Waals surface area contributed by atoms with Crippen LogP contribution in [0.15, 0.2) is 33.9 Å². The van der Waals surface area contributed by atoms with Gasteiger partial charge in [0.05, 0.1) is 11.1 Å². The molecule has 2 aromatic rings. The molecule has 0 radical (unpaired) electrons. The van der Waals surface area contributed by atoms with Crippen molar-refractivity contribution < 1.29 is 9.34 Å². The highest BCUT2D eigenvalue weighted by Gasteiger charge is 2.28. The van der Waals surface area contributed by atoms with Gasteiger partial charge in [-0.1, -0.05) is 0 Å². The topological polar surface area (TPSA) is 91.2 Å². The maximum Gasteiger partial charge on any atom is 0.334 e. The molecule has 19 heavy (non-hydrogen) atoms. The minimum Gasteiger partial charge on any atom is -0.447 e. The molecule has 0 aliphatic heterocycles. The summed E-state index contributed by atoms with van der Waals surface area (Å²) in [5.74, 6) is 0.680. The standard InChI is InChI=1S/C12H11N3O4/c16-12-10(15(17)18)5-9(8-1-2-8)6-14(12)7-11-13-3-4-19-11/h3-6,8H,1-2,7H2. The van der Waals surface area contributed by atoms with Gasteiger partial charge in [0, 0.05) is 12.3 Å². The van der Waals surface area contributed by atoms with Gasteiger partial charge in [-0.2, -0.15) is 0 Å². The van der Waals surface area contributed by atoms with Gasteiger partial charge in [0.15, 0.2) is 0 Å². The van der Waals surface area contributed by atoms with Crippen LogP contribution in [0.3, 0.4) is 0 Å². The van der Waals surface area contributed by atoms with Crippen molar-refractivity contribution in [3.05, 3.63) is 56.6 Å². The normalized spacial score (nSPS) is 14.5. The van der Waals surface area contributed by atoms with Gasteiger partial charge in [-0.25, -0.2) is 4.98 Å². The van der Waals surface area contributed by atoms with E-state index >= 15 is 0 Å². The molecule has 7 heteroatoms. The monoisotopic (exact) mass is 261 g/mol. The van der Waals surface area contributed by atoms with Crippen molar-refractivity contribution >= 4 is 5.69 Å². The molecule has 1 saturated carbocycles. The Morgan fingerprint density at radius 1 is 1.53 bits per heavy atom. The van der Waals surface area contributed by atoms with Crippen molar-refractivity contribution in [2.75, 3.05) is 0 Å². The average molecular weight is 261 g/mol. The molecule has 0 bridgehead atoms. The average Bonchev–Trinajstić information content (AvgIpc) is 3.10. The fraction of sp³-hybridized carbons (Fsp3) is 0.333. The molecule has 0 N–H and O–H groups in total. The number of nitro groups is 1. The van der Waals surface area contributed by atoms with E-state index in [0.717, 1.165) is 18.4 Å². The summed E-state index contributed by atoms with van der Waals surface area (Å²) < 4.78 is 6.36. The molecule has 98 valence electrons. The van der Waals surface area contributed by atoms with Crippen LogP contribution in [0.4, 0.5) is 5.69 Å². The number of pyridine rings is 1. The summed E-state index contributed by atoms with van der Waals surface area (Å²) in [7, 11) is 0. The Morgan fingerprint density at radius 2 is 2.32 bits per heavy atom. The molecular weight excluding hydrogens is 250 g/mol. The zero-order valence-corrected chi connectivity index (χ0v) is 9.98. The number of hydrogen-bond donors (Lipinski definition) is 0. The molecule has 0 spiro atoms. The molecule has 1 aliphatic rings. The van der Waals surface area contributed by atoms with E-state index in [1.165, 1.54) is 23.1 Å². The Hall–Kier alpha value is -2.44. The maximum absolute atomic E-state index is 12.0. The third kappa shape index (κ3) is 2.26. The van der Waals surface area contributed by atoms with Gasteiger partial charge in [-0.3, -0.25) is 14.9 Å². The lowest BCUT2D eigenvalue weighted by atomic mass is 10.2. The van der Waals surface area contributed by atoms with Crippen LogP contribution in [-0.2, 0) is 6.54 Å². The number of hydrogen-bond acceptors (Lipinski definition) is 5. The third-order valence-corrected chi connectivity index (χ3v) is 3.12. The summed E-state index contributed by atoms with van der Waals surface area (Å²) in [5.41, 5.74) is -0.193. The van der Waals surface area contributed by atoms with E-state index < -0.39 is 16.2 Å². The highest BCUT2D eigenvalue weighted by Crippen LogP contribution is 2.40. The molecule has 0 aromatic carbocycles. The molecule has 7 nitrogen and oxygen atoms in total. The lowest BCUT2D eigenvalue weighted by Gasteiger charge is -2.06. The second-order valence-electron chi connectivity index (χ2n) is 4.55. The SMILES string of the molecule is O=c1c([N+](=O)[O-])cc(C2CC2)cn1Cc1ncco1. The van der Waals surface area contributed by atoms with Gasteiger partial charge >= 0.3 is 11.2 Å². The van der Waals surface area contributed by atoms with Gasteiger partial charge in [0.2, 0.25) is 5.89 Å². The van der Waals surface area contributed by atoms with Crippen molar-refractivity contribution in [2.45, 2.75) is 25.3 Å². The highest BCUT2D eigenvalue weighted by atomic mass is 16.6. The smallest absolute Gasteiger partial charge is 0.334 e. The lowest BCUT2D eigenvalue weighted by molar-refractivity contribution is -0.386. The molecular formula is C12H11N3O4. The molecule has 0 unspecified atom stereocenters.